The molecule has 0 radical (unpaired) electrons. The third kappa shape index (κ3) is 7.88. The maximum absolute atomic E-state index is 14.4. The second-order valence-electron chi connectivity index (χ2n) is 14.1. The van der Waals surface area contributed by atoms with E-state index in [-0.39, 0.29) is 49.7 Å². The van der Waals surface area contributed by atoms with Crippen LogP contribution in [0, 0.1) is 6.92 Å². The molecule has 4 amide bonds. The van der Waals surface area contributed by atoms with Crippen LogP contribution in [-0.2, 0) is 20.9 Å². The van der Waals surface area contributed by atoms with Crippen LogP contribution in [0.15, 0.2) is 47.4 Å². The van der Waals surface area contributed by atoms with E-state index < -0.39 is 16.4 Å². The molecule has 10 nitrogen and oxygen atoms in total. The third-order valence-electron chi connectivity index (χ3n) is 8.98. The molecule has 11 heteroatoms. The molecule has 2 fully saturated rings. The van der Waals surface area contributed by atoms with Crippen LogP contribution in [0.5, 0.6) is 0 Å². The molecule has 2 heterocycles. The number of aryl methyl sites for hydroxylation is 1. The van der Waals surface area contributed by atoms with Crippen molar-refractivity contribution in [2.45, 2.75) is 108 Å². The number of carbonyl (C=O) groups excluding carboxylic acids is 4. The van der Waals surface area contributed by atoms with Crippen LogP contribution in [0.1, 0.15) is 88.2 Å². The Labute approximate surface area is 282 Å². The molecule has 1 N–H and O–H groups in total. The quantitative estimate of drug-likeness (QED) is 0.342. The van der Waals surface area contributed by atoms with Crippen LogP contribution in [0.3, 0.4) is 0 Å². The predicted molar refractivity (Wildman–Crippen MR) is 183 cm³/mol. The summed E-state index contributed by atoms with van der Waals surface area (Å²) in [4.78, 5) is 60.0. The minimum absolute atomic E-state index is 0.0175. The summed E-state index contributed by atoms with van der Waals surface area (Å²) in [6.07, 6.45) is 3.23. The summed E-state index contributed by atoms with van der Waals surface area (Å²) in [5.74, 6) is -0.107. The molecule has 0 aromatic heterocycles. The van der Waals surface area contributed by atoms with Crippen LogP contribution in [0.25, 0.3) is 0 Å². The lowest BCUT2D eigenvalue weighted by molar-refractivity contribution is -0.123. The number of piperidine rings is 1. The number of hydrogen-bond acceptors (Lipinski definition) is 7. The van der Waals surface area contributed by atoms with Crippen molar-refractivity contribution in [2.24, 2.45) is 0 Å². The molecule has 1 saturated heterocycles. The molecule has 5 rings (SSSR count). The van der Waals surface area contributed by atoms with E-state index >= 15 is 0 Å². The smallest absolute Gasteiger partial charge is 0.410 e. The molecule has 1 atom stereocenters. The van der Waals surface area contributed by atoms with Gasteiger partial charge >= 0.3 is 12.2 Å². The monoisotopic (exact) mass is 664 g/mol. The van der Waals surface area contributed by atoms with Gasteiger partial charge in [-0.25, -0.2) is 9.59 Å². The Balaban J connectivity index is 1.34. The number of anilines is 1. The van der Waals surface area contributed by atoms with Crippen molar-refractivity contribution in [1.29, 1.82) is 0 Å². The lowest BCUT2D eigenvalue weighted by Crippen LogP contribution is -2.55. The molecule has 1 saturated carbocycles. The van der Waals surface area contributed by atoms with E-state index in [1.54, 1.807) is 21.6 Å². The molecule has 1 aliphatic carbocycles. The Morgan fingerprint density at radius 2 is 1.83 bits per heavy atom. The first kappa shape index (κ1) is 34.6. The average molecular weight is 665 g/mol. The van der Waals surface area contributed by atoms with E-state index in [2.05, 4.69) is 5.32 Å². The zero-order valence-electron chi connectivity index (χ0n) is 28.5. The first-order chi connectivity index (χ1) is 22.3. The fraction of sp³-hybridized carbons (Fsp3) is 0.556. The number of carbonyl (C=O) groups is 4. The number of thioether (sulfide) groups is 1. The number of rotatable bonds is 8. The molecule has 0 bridgehead atoms. The minimum Gasteiger partial charge on any atom is -0.445 e. The van der Waals surface area contributed by atoms with Crippen LogP contribution in [-0.4, -0.2) is 82.4 Å². The number of alkyl carbamates (subject to hydrolysis) is 1. The number of nitrogens with zero attached hydrogens (tertiary/aromatic N) is 3. The van der Waals surface area contributed by atoms with Gasteiger partial charge in [-0.15, -0.1) is 11.8 Å². The van der Waals surface area contributed by atoms with Gasteiger partial charge in [0.15, 0.2) is 0 Å². The van der Waals surface area contributed by atoms with Gasteiger partial charge in [0.2, 0.25) is 5.91 Å². The summed E-state index contributed by atoms with van der Waals surface area (Å²) < 4.78 is 10.5. The highest BCUT2D eigenvalue weighted by atomic mass is 32.2. The Kier molecular flexibility index (Phi) is 10.4. The fourth-order valence-electron chi connectivity index (χ4n) is 6.52. The SMILES string of the molecule is Cc1cc2c(cc1C(=O)N(C(C)C)[C@@H]1CCCN(C(=O)OC(C)(C)C)C1)N(CCNC(=O)OCc1ccccc1)C(=O)C1(CCC1)S2. The molecular formula is C36H48N4O6S. The molecule has 0 unspecified atom stereocenters. The van der Waals surface area contributed by atoms with E-state index in [9.17, 15) is 19.2 Å². The van der Waals surface area contributed by atoms with Gasteiger partial charge in [0.05, 0.1) is 16.5 Å². The number of ether oxygens (including phenoxy) is 2. The summed E-state index contributed by atoms with van der Waals surface area (Å²) in [7, 11) is 0. The highest BCUT2D eigenvalue weighted by Gasteiger charge is 2.51. The lowest BCUT2D eigenvalue weighted by Gasteiger charge is -2.47. The highest BCUT2D eigenvalue weighted by molar-refractivity contribution is 8.01. The number of likely N-dealkylation sites (tertiary alicyclic amines) is 1. The van der Waals surface area contributed by atoms with Crippen molar-refractivity contribution in [2.75, 3.05) is 31.1 Å². The number of amides is 4. The van der Waals surface area contributed by atoms with Crippen LogP contribution < -0.4 is 10.2 Å². The van der Waals surface area contributed by atoms with Gasteiger partial charge < -0.3 is 29.5 Å². The number of fused-ring (bicyclic) bond motifs is 1. The second kappa shape index (κ2) is 14.2. The van der Waals surface area contributed by atoms with Crippen molar-refractivity contribution in [3.8, 4) is 0 Å². The standard InChI is InChI=1S/C36H48N4O6S/c1-24(2)40(27-14-10-18-38(22-27)34(44)46-35(4,5)6)31(41)28-21-29-30(20-25(28)3)47-36(15-11-16-36)32(42)39(29)19-17-37-33(43)45-23-26-12-8-7-9-13-26/h7-9,12-13,20-21,24,27H,10-11,14-19,22-23H2,1-6H3,(H,37,43)/t27-/m1/s1. The fourth-order valence-corrected chi connectivity index (χ4v) is 8.14. The van der Waals surface area contributed by atoms with Crippen molar-refractivity contribution in [1.82, 2.24) is 15.1 Å². The molecule has 2 aliphatic heterocycles. The largest absolute Gasteiger partial charge is 0.445 e. The van der Waals surface area contributed by atoms with Crippen molar-refractivity contribution >= 4 is 41.5 Å². The maximum Gasteiger partial charge on any atom is 0.410 e. The number of hydrogen-bond donors (Lipinski definition) is 1. The zero-order chi connectivity index (χ0) is 33.9. The molecule has 2 aromatic rings. The van der Waals surface area contributed by atoms with E-state index in [0.717, 1.165) is 48.1 Å². The van der Waals surface area contributed by atoms with Gasteiger partial charge in [-0.1, -0.05) is 30.3 Å². The van der Waals surface area contributed by atoms with Gasteiger partial charge in [0, 0.05) is 42.7 Å². The Morgan fingerprint density at radius 3 is 2.47 bits per heavy atom. The third-order valence-corrected chi connectivity index (χ3v) is 10.5. The Hall–Kier alpha value is -3.73. The van der Waals surface area contributed by atoms with E-state index in [1.807, 2.05) is 88.9 Å². The topological polar surface area (TPSA) is 108 Å². The van der Waals surface area contributed by atoms with Crippen molar-refractivity contribution in [3.05, 3.63) is 59.2 Å². The second-order valence-corrected chi connectivity index (χ2v) is 15.5. The van der Waals surface area contributed by atoms with Crippen LogP contribution >= 0.6 is 11.8 Å². The summed E-state index contributed by atoms with van der Waals surface area (Å²) in [6, 6.07) is 13.0. The van der Waals surface area contributed by atoms with E-state index in [0.29, 0.717) is 24.3 Å². The molecule has 1 spiro atoms. The lowest BCUT2D eigenvalue weighted by atomic mass is 9.82. The van der Waals surface area contributed by atoms with Crippen LogP contribution in [0.2, 0.25) is 0 Å². The maximum atomic E-state index is 14.4. The van der Waals surface area contributed by atoms with E-state index in [4.69, 9.17) is 9.47 Å². The molecule has 2 aromatic carbocycles. The first-order valence-electron chi connectivity index (χ1n) is 16.7. The summed E-state index contributed by atoms with van der Waals surface area (Å²) in [5, 5.41) is 2.79. The summed E-state index contributed by atoms with van der Waals surface area (Å²) in [5.41, 5.74) is 2.35. The first-order valence-corrected chi connectivity index (χ1v) is 17.5. The zero-order valence-corrected chi connectivity index (χ0v) is 29.3. The number of benzene rings is 2. The average Bonchev–Trinajstić information content (AvgIpc) is 2.99. The van der Waals surface area contributed by atoms with Gasteiger partial charge in [-0.05, 0) is 96.9 Å². The molecule has 3 aliphatic rings. The van der Waals surface area contributed by atoms with Crippen molar-refractivity contribution < 1.29 is 28.7 Å². The van der Waals surface area contributed by atoms with Gasteiger partial charge in [0.25, 0.3) is 5.91 Å². The Bertz CT molecular complexity index is 1490. The van der Waals surface area contributed by atoms with Gasteiger partial charge in [-0.3, -0.25) is 9.59 Å². The predicted octanol–water partition coefficient (Wildman–Crippen LogP) is 6.53. The molecule has 47 heavy (non-hydrogen) atoms. The van der Waals surface area contributed by atoms with E-state index in [1.165, 1.54) is 0 Å². The van der Waals surface area contributed by atoms with Gasteiger partial charge in [-0.2, -0.15) is 0 Å². The van der Waals surface area contributed by atoms with Crippen molar-refractivity contribution in [3.63, 3.8) is 0 Å². The normalized spacial score (nSPS) is 18.8. The number of nitrogens with one attached hydrogen (secondary N) is 1. The summed E-state index contributed by atoms with van der Waals surface area (Å²) in [6.45, 7) is 13.1. The summed E-state index contributed by atoms with van der Waals surface area (Å²) >= 11 is 1.60. The molecule has 254 valence electrons. The minimum atomic E-state index is -0.602. The Morgan fingerprint density at radius 1 is 1.11 bits per heavy atom. The van der Waals surface area contributed by atoms with Crippen LogP contribution in [0.4, 0.5) is 15.3 Å². The highest BCUT2D eigenvalue weighted by Crippen LogP contribution is 2.55. The molecular weight excluding hydrogens is 616 g/mol. The van der Waals surface area contributed by atoms with Gasteiger partial charge in [0.1, 0.15) is 12.2 Å².